The van der Waals surface area contributed by atoms with Crippen LogP contribution in [0.2, 0.25) is 0 Å². The minimum absolute atomic E-state index is 0.0416. The largest absolute Gasteiger partial charge is 0.495 e. The Hall–Kier alpha value is -1.60. The van der Waals surface area contributed by atoms with Gasteiger partial charge in [-0.15, -0.1) is 0 Å². The lowest BCUT2D eigenvalue weighted by atomic mass is 10.1. The van der Waals surface area contributed by atoms with Crippen LogP contribution in [0.5, 0.6) is 5.75 Å². The van der Waals surface area contributed by atoms with E-state index in [9.17, 15) is 13.2 Å². The summed E-state index contributed by atoms with van der Waals surface area (Å²) < 4.78 is 36.0. The van der Waals surface area contributed by atoms with Gasteiger partial charge < -0.3 is 9.47 Å². The molecule has 0 aromatic heterocycles. The van der Waals surface area contributed by atoms with Crippen molar-refractivity contribution in [1.82, 2.24) is 4.31 Å². The Morgan fingerprint density at radius 1 is 1.24 bits per heavy atom. The van der Waals surface area contributed by atoms with Gasteiger partial charge in [-0.05, 0) is 44.0 Å². The van der Waals surface area contributed by atoms with Crippen LogP contribution in [0.25, 0.3) is 0 Å². The van der Waals surface area contributed by atoms with Crippen molar-refractivity contribution in [3.8, 4) is 5.75 Å². The smallest absolute Gasteiger partial charge is 0.321 e. The molecule has 6 nitrogen and oxygen atoms in total. The molecule has 0 spiro atoms. The van der Waals surface area contributed by atoms with Crippen LogP contribution in [-0.2, 0) is 19.6 Å². The summed E-state index contributed by atoms with van der Waals surface area (Å²) in [5.74, 6) is -0.333. The lowest BCUT2D eigenvalue weighted by Crippen LogP contribution is -2.33. The average molecular weight is 315 g/mol. The average Bonchev–Trinajstić information content (AvgIpc) is 2.41. The maximum atomic E-state index is 12.6. The molecule has 1 rings (SSSR count). The zero-order chi connectivity index (χ0) is 16.2. The van der Waals surface area contributed by atoms with Gasteiger partial charge in [0.25, 0.3) is 0 Å². The summed E-state index contributed by atoms with van der Waals surface area (Å²) in [4.78, 5) is 11.5. The molecule has 0 fully saturated rings. The Kier molecular flexibility index (Phi) is 5.74. The van der Waals surface area contributed by atoms with Crippen LogP contribution in [-0.4, -0.2) is 46.0 Å². The van der Waals surface area contributed by atoms with E-state index in [4.69, 9.17) is 9.47 Å². The van der Waals surface area contributed by atoms with Crippen molar-refractivity contribution in [2.75, 3.05) is 27.3 Å². The number of sulfonamides is 1. The second-order valence-electron chi connectivity index (χ2n) is 4.65. The number of methoxy groups -OCH3 is 1. The van der Waals surface area contributed by atoms with Crippen LogP contribution >= 0.6 is 0 Å². The Balaban J connectivity index is 3.18. The van der Waals surface area contributed by atoms with Crippen LogP contribution < -0.4 is 4.74 Å². The van der Waals surface area contributed by atoms with Gasteiger partial charge in [0.2, 0.25) is 10.0 Å². The summed E-state index contributed by atoms with van der Waals surface area (Å²) in [6.07, 6.45) is 0. The van der Waals surface area contributed by atoms with Crippen molar-refractivity contribution in [2.24, 2.45) is 0 Å². The molecule has 0 N–H and O–H groups in total. The number of carbonyl (C=O) groups is 1. The molecule has 21 heavy (non-hydrogen) atoms. The maximum Gasteiger partial charge on any atom is 0.321 e. The third-order valence-electron chi connectivity index (χ3n) is 3.13. The highest BCUT2D eigenvalue weighted by atomic mass is 32.2. The predicted molar refractivity (Wildman–Crippen MR) is 78.9 cm³/mol. The molecule has 0 heterocycles. The predicted octanol–water partition coefficient (Wildman–Crippen LogP) is 1.50. The van der Waals surface area contributed by atoms with E-state index in [1.807, 2.05) is 13.8 Å². The zero-order valence-corrected chi connectivity index (χ0v) is 13.8. The van der Waals surface area contributed by atoms with E-state index in [0.29, 0.717) is 0 Å². The summed E-state index contributed by atoms with van der Waals surface area (Å²) >= 11 is 0. The van der Waals surface area contributed by atoms with Gasteiger partial charge in [0.15, 0.2) is 0 Å². The lowest BCUT2D eigenvalue weighted by molar-refractivity contribution is -0.143. The summed E-state index contributed by atoms with van der Waals surface area (Å²) in [5, 5.41) is 0. The first-order valence-electron chi connectivity index (χ1n) is 6.51. The molecule has 0 aliphatic heterocycles. The number of ether oxygens (including phenoxy) is 2. The molecule has 0 saturated heterocycles. The van der Waals surface area contributed by atoms with E-state index >= 15 is 0 Å². The summed E-state index contributed by atoms with van der Waals surface area (Å²) in [7, 11) is -1.08. The molecule has 118 valence electrons. The van der Waals surface area contributed by atoms with E-state index in [-0.39, 0.29) is 23.8 Å². The first kappa shape index (κ1) is 17.5. The van der Waals surface area contributed by atoms with Crippen molar-refractivity contribution in [2.45, 2.75) is 25.7 Å². The first-order chi connectivity index (χ1) is 9.73. The fraction of sp³-hybridized carbons (Fsp3) is 0.500. The second kappa shape index (κ2) is 6.91. The number of benzene rings is 1. The quantitative estimate of drug-likeness (QED) is 0.744. The Bertz CT molecular complexity index is 624. The van der Waals surface area contributed by atoms with Gasteiger partial charge in [0, 0.05) is 7.05 Å². The molecule has 0 radical (unpaired) electrons. The molecule has 0 unspecified atom stereocenters. The van der Waals surface area contributed by atoms with E-state index in [0.717, 1.165) is 15.4 Å². The molecule has 1 aromatic carbocycles. The summed E-state index contributed by atoms with van der Waals surface area (Å²) in [5.41, 5.74) is 1.76. The van der Waals surface area contributed by atoms with Gasteiger partial charge >= 0.3 is 5.97 Å². The molecule has 7 heteroatoms. The van der Waals surface area contributed by atoms with Crippen LogP contribution in [0.3, 0.4) is 0 Å². The van der Waals surface area contributed by atoms with Gasteiger partial charge in [-0.25, -0.2) is 8.42 Å². The van der Waals surface area contributed by atoms with Gasteiger partial charge in [0.05, 0.1) is 13.7 Å². The molecule has 0 atom stereocenters. The molecular formula is C14H21NO5S. The van der Waals surface area contributed by atoms with Gasteiger partial charge in [0.1, 0.15) is 17.2 Å². The van der Waals surface area contributed by atoms with E-state index in [2.05, 4.69) is 0 Å². The number of likely N-dealkylation sites (N-methyl/N-ethyl adjacent to an activating group) is 1. The van der Waals surface area contributed by atoms with Crippen LogP contribution in [0.1, 0.15) is 18.1 Å². The van der Waals surface area contributed by atoms with Crippen molar-refractivity contribution in [3.05, 3.63) is 23.3 Å². The second-order valence-corrected chi connectivity index (χ2v) is 6.67. The number of rotatable bonds is 6. The number of aryl methyl sites for hydroxylation is 2. The third-order valence-corrected chi connectivity index (χ3v) is 4.95. The number of carbonyl (C=O) groups excluding carboxylic acids is 1. The summed E-state index contributed by atoms with van der Waals surface area (Å²) in [6.45, 7) is 5.22. The number of hydrogen-bond acceptors (Lipinski definition) is 5. The van der Waals surface area contributed by atoms with Crippen LogP contribution in [0, 0.1) is 13.8 Å². The van der Waals surface area contributed by atoms with Gasteiger partial charge in [-0.1, -0.05) is 0 Å². The highest BCUT2D eigenvalue weighted by molar-refractivity contribution is 7.89. The highest BCUT2D eigenvalue weighted by Gasteiger charge is 2.27. The SMILES string of the molecule is CCOC(=O)CN(C)S(=O)(=O)c1cc(C)c(C)cc1OC. The Morgan fingerprint density at radius 2 is 1.81 bits per heavy atom. The first-order valence-corrected chi connectivity index (χ1v) is 7.95. The molecule has 0 amide bonds. The minimum Gasteiger partial charge on any atom is -0.495 e. The molecule has 1 aromatic rings. The number of hydrogen-bond donors (Lipinski definition) is 0. The monoisotopic (exact) mass is 315 g/mol. The van der Waals surface area contributed by atoms with E-state index < -0.39 is 16.0 Å². The fourth-order valence-electron chi connectivity index (χ4n) is 1.77. The van der Waals surface area contributed by atoms with Crippen LogP contribution in [0.15, 0.2) is 17.0 Å². The normalized spacial score (nSPS) is 11.5. The van der Waals surface area contributed by atoms with Crippen LogP contribution in [0.4, 0.5) is 0 Å². The number of esters is 1. The minimum atomic E-state index is -3.83. The maximum absolute atomic E-state index is 12.6. The van der Waals surface area contributed by atoms with Crippen molar-refractivity contribution < 1.29 is 22.7 Å². The molecule has 0 saturated carbocycles. The van der Waals surface area contributed by atoms with Crippen molar-refractivity contribution in [3.63, 3.8) is 0 Å². The third kappa shape index (κ3) is 3.95. The van der Waals surface area contributed by atoms with Crippen molar-refractivity contribution in [1.29, 1.82) is 0 Å². The Labute approximate surface area is 125 Å². The topological polar surface area (TPSA) is 72.9 Å². The molecule has 0 aliphatic carbocycles. The van der Waals surface area contributed by atoms with Gasteiger partial charge in [-0.2, -0.15) is 4.31 Å². The van der Waals surface area contributed by atoms with Crippen molar-refractivity contribution >= 4 is 16.0 Å². The fourth-order valence-corrected chi connectivity index (χ4v) is 3.10. The lowest BCUT2D eigenvalue weighted by Gasteiger charge is -2.19. The summed E-state index contributed by atoms with van der Waals surface area (Å²) in [6, 6.07) is 3.21. The zero-order valence-electron chi connectivity index (χ0n) is 13.0. The Morgan fingerprint density at radius 3 is 2.33 bits per heavy atom. The van der Waals surface area contributed by atoms with Gasteiger partial charge in [-0.3, -0.25) is 4.79 Å². The standard InChI is InChI=1S/C14H21NO5S/c1-6-20-14(16)9-15(4)21(17,18)13-8-11(3)10(2)7-12(13)19-5/h7-8H,6,9H2,1-5H3. The highest BCUT2D eigenvalue weighted by Crippen LogP contribution is 2.29. The molecular weight excluding hydrogens is 294 g/mol. The molecule has 0 bridgehead atoms. The van der Waals surface area contributed by atoms with E-state index in [1.165, 1.54) is 14.2 Å². The molecule has 0 aliphatic rings. The number of nitrogens with zero attached hydrogens (tertiary/aromatic N) is 1. The van der Waals surface area contributed by atoms with E-state index in [1.54, 1.807) is 19.1 Å².